The molecule has 0 saturated heterocycles. The average Bonchev–Trinajstić information content (AvgIpc) is 2.95. The van der Waals surface area contributed by atoms with Crippen LogP contribution in [0, 0.1) is 0 Å². The van der Waals surface area contributed by atoms with E-state index < -0.39 is 0 Å². The number of halogens is 1. The Hall–Kier alpha value is -2.34. The lowest BCUT2D eigenvalue weighted by molar-refractivity contribution is 0.416. The van der Waals surface area contributed by atoms with Crippen molar-refractivity contribution in [3.05, 3.63) is 29.4 Å². The van der Waals surface area contributed by atoms with Gasteiger partial charge in [0, 0.05) is 17.1 Å². The molecule has 2 N–H and O–H groups in total. The third-order valence-electron chi connectivity index (χ3n) is 3.06. The topological polar surface area (TPSA) is 75.7 Å². The SMILES string of the molecule is CCNc1nc(-c2cc(Cl)ccc2OC)c2cn[nH]c2n1. The summed E-state index contributed by atoms with van der Waals surface area (Å²) in [6.07, 6.45) is 1.70. The summed E-state index contributed by atoms with van der Waals surface area (Å²) >= 11 is 6.11. The van der Waals surface area contributed by atoms with Gasteiger partial charge in [-0.15, -0.1) is 0 Å². The van der Waals surface area contributed by atoms with Gasteiger partial charge in [0.25, 0.3) is 0 Å². The quantitative estimate of drug-likeness (QED) is 0.774. The molecule has 3 aromatic rings. The number of hydrogen-bond donors (Lipinski definition) is 2. The van der Waals surface area contributed by atoms with E-state index in [1.807, 2.05) is 19.1 Å². The van der Waals surface area contributed by atoms with Gasteiger partial charge in [0.2, 0.25) is 5.95 Å². The standard InChI is InChI=1S/C14H14ClN5O/c1-3-16-14-18-12(10-7-17-20-13(10)19-14)9-6-8(15)4-5-11(9)21-2/h4-7H,3H2,1-2H3,(H2,16,17,18,19,20). The van der Waals surface area contributed by atoms with Crippen molar-refractivity contribution in [3.63, 3.8) is 0 Å². The number of methoxy groups -OCH3 is 1. The fraction of sp³-hybridized carbons (Fsp3) is 0.214. The number of benzene rings is 1. The molecule has 0 spiro atoms. The summed E-state index contributed by atoms with van der Waals surface area (Å²) < 4.78 is 5.41. The first kappa shape index (κ1) is 13.6. The normalized spacial score (nSPS) is 10.8. The van der Waals surface area contributed by atoms with E-state index in [0.717, 1.165) is 23.2 Å². The molecule has 0 atom stereocenters. The second kappa shape index (κ2) is 5.57. The zero-order valence-corrected chi connectivity index (χ0v) is 12.4. The molecule has 21 heavy (non-hydrogen) atoms. The molecule has 2 aromatic heterocycles. The van der Waals surface area contributed by atoms with Crippen molar-refractivity contribution >= 4 is 28.6 Å². The molecule has 2 heterocycles. The van der Waals surface area contributed by atoms with E-state index in [1.54, 1.807) is 19.4 Å². The van der Waals surface area contributed by atoms with Crippen molar-refractivity contribution in [3.8, 4) is 17.0 Å². The van der Waals surface area contributed by atoms with Crippen LogP contribution in [0.5, 0.6) is 5.75 Å². The van der Waals surface area contributed by atoms with Crippen molar-refractivity contribution in [2.45, 2.75) is 6.92 Å². The van der Waals surface area contributed by atoms with Gasteiger partial charge in [-0.1, -0.05) is 11.6 Å². The zero-order chi connectivity index (χ0) is 14.8. The van der Waals surface area contributed by atoms with Crippen LogP contribution in [0.25, 0.3) is 22.3 Å². The van der Waals surface area contributed by atoms with Crippen molar-refractivity contribution in [1.82, 2.24) is 20.2 Å². The van der Waals surface area contributed by atoms with Crippen molar-refractivity contribution < 1.29 is 4.74 Å². The van der Waals surface area contributed by atoms with Crippen LogP contribution in [0.1, 0.15) is 6.92 Å². The Balaban J connectivity index is 2.28. The molecule has 0 unspecified atom stereocenters. The van der Waals surface area contributed by atoms with E-state index in [4.69, 9.17) is 16.3 Å². The number of nitrogens with zero attached hydrogens (tertiary/aromatic N) is 3. The van der Waals surface area contributed by atoms with E-state index in [1.165, 1.54) is 0 Å². The summed E-state index contributed by atoms with van der Waals surface area (Å²) in [6.45, 7) is 2.71. The highest BCUT2D eigenvalue weighted by Gasteiger charge is 2.15. The number of H-pyrrole nitrogens is 1. The lowest BCUT2D eigenvalue weighted by Crippen LogP contribution is -2.03. The van der Waals surface area contributed by atoms with Gasteiger partial charge < -0.3 is 10.1 Å². The minimum absolute atomic E-state index is 0.534. The number of aromatic nitrogens is 4. The Morgan fingerprint density at radius 1 is 1.33 bits per heavy atom. The first-order chi connectivity index (χ1) is 10.2. The third-order valence-corrected chi connectivity index (χ3v) is 3.30. The van der Waals surface area contributed by atoms with Crippen LogP contribution in [0.3, 0.4) is 0 Å². The average molecular weight is 304 g/mol. The van der Waals surface area contributed by atoms with Crippen LogP contribution < -0.4 is 10.1 Å². The number of aromatic amines is 1. The van der Waals surface area contributed by atoms with Gasteiger partial charge in [-0.2, -0.15) is 10.1 Å². The van der Waals surface area contributed by atoms with Crippen LogP contribution in [-0.2, 0) is 0 Å². The predicted molar refractivity (Wildman–Crippen MR) is 82.8 cm³/mol. The van der Waals surface area contributed by atoms with Crippen LogP contribution in [0.2, 0.25) is 5.02 Å². The lowest BCUT2D eigenvalue weighted by atomic mass is 10.1. The molecule has 108 valence electrons. The lowest BCUT2D eigenvalue weighted by Gasteiger charge is -2.10. The van der Waals surface area contributed by atoms with Gasteiger partial charge >= 0.3 is 0 Å². The second-order valence-corrected chi connectivity index (χ2v) is 4.84. The first-order valence-corrected chi connectivity index (χ1v) is 6.89. The van der Waals surface area contributed by atoms with E-state index in [-0.39, 0.29) is 0 Å². The molecular formula is C14H14ClN5O. The number of fused-ring (bicyclic) bond motifs is 1. The van der Waals surface area contributed by atoms with Gasteiger partial charge in [-0.05, 0) is 25.1 Å². The number of anilines is 1. The monoisotopic (exact) mass is 303 g/mol. The Bertz CT molecular complexity index is 786. The molecule has 0 aliphatic heterocycles. The second-order valence-electron chi connectivity index (χ2n) is 4.40. The fourth-order valence-corrected chi connectivity index (χ4v) is 2.31. The predicted octanol–water partition coefficient (Wildman–Crippen LogP) is 3.11. The molecule has 0 fully saturated rings. The highest BCUT2D eigenvalue weighted by molar-refractivity contribution is 6.31. The smallest absolute Gasteiger partial charge is 0.225 e. The van der Waals surface area contributed by atoms with E-state index in [0.29, 0.717) is 22.4 Å². The molecule has 0 aliphatic carbocycles. The maximum absolute atomic E-state index is 6.11. The maximum atomic E-state index is 6.11. The molecule has 3 rings (SSSR count). The zero-order valence-electron chi connectivity index (χ0n) is 11.6. The maximum Gasteiger partial charge on any atom is 0.225 e. The molecule has 0 saturated carbocycles. The van der Waals surface area contributed by atoms with Crippen molar-refractivity contribution in [2.75, 3.05) is 19.0 Å². The summed E-state index contributed by atoms with van der Waals surface area (Å²) in [4.78, 5) is 8.94. The fourth-order valence-electron chi connectivity index (χ4n) is 2.14. The van der Waals surface area contributed by atoms with Crippen LogP contribution in [-0.4, -0.2) is 33.8 Å². The number of rotatable bonds is 4. The summed E-state index contributed by atoms with van der Waals surface area (Å²) in [5, 5.41) is 11.4. The number of hydrogen-bond acceptors (Lipinski definition) is 5. The first-order valence-electron chi connectivity index (χ1n) is 6.51. The summed E-state index contributed by atoms with van der Waals surface area (Å²) in [5.41, 5.74) is 2.19. The molecule has 7 heteroatoms. The Morgan fingerprint density at radius 3 is 2.95 bits per heavy atom. The number of ether oxygens (including phenoxy) is 1. The minimum Gasteiger partial charge on any atom is -0.496 e. The molecule has 0 bridgehead atoms. The molecule has 0 amide bonds. The molecule has 6 nitrogen and oxygen atoms in total. The molecule has 1 aromatic carbocycles. The highest BCUT2D eigenvalue weighted by atomic mass is 35.5. The van der Waals surface area contributed by atoms with Crippen LogP contribution in [0.15, 0.2) is 24.4 Å². The summed E-state index contributed by atoms with van der Waals surface area (Å²) in [6, 6.07) is 5.42. The molecule has 0 radical (unpaired) electrons. The van der Waals surface area contributed by atoms with Crippen molar-refractivity contribution in [1.29, 1.82) is 0 Å². The van der Waals surface area contributed by atoms with E-state index in [2.05, 4.69) is 25.5 Å². The largest absolute Gasteiger partial charge is 0.496 e. The Morgan fingerprint density at radius 2 is 2.19 bits per heavy atom. The Labute approximate surface area is 126 Å². The van der Waals surface area contributed by atoms with Gasteiger partial charge in [0.15, 0.2) is 5.65 Å². The minimum atomic E-state index is 0.534. The Kier molecular flexibility index (Phi) is 3.62. The van der Waals surface area contributed by atoms with Crippen LogP contribution in [0.4, 0.5) is 5.95 Å². The number of nitrogens with one attached hydrogen (secondary N) is 2. The molecular weight excluding hydrogens is 290 g/mol. The summed E-state index contributed by atoms with van der Waals surface area (Å²) in [5.74, 6) is 1.23. The van der Waals surface area contributed by atoms with E-state index in [9.17, 15) is 0 Å². The third kappa shape index (κ3) is 2.50. The van der Waals surface area contributed by atoms with Crippen LogP contribution >= 0.6 is 11.6 Å². The van der Waals surface area contributed by atoms with Gasteiger partial charge in [0.1, 0.15) is 5.75 Å². The van der Waals surface area contributed by atoms with Gasteiger partial charge in [0.05, 0.1) is 24.4 Å². The van der Waals surface area contributed by atoms with Gasteiger partial charge in [-0.25, -0.2) is 4.98 Å². The summed E-state index contributed by atoms with van der Waals surface area (Å²) in [7, 11) is 1.62. The molecule has 0 aliphatic rings. The highest BCUT2D eigenvalue weighted by Crippen LogP contribution is 2.35. The van der Waals surface area contributed by atoms with Gasteiger partial charge in [-0.3, -0.25) is 5.10 Å². The van der Waals surface area contributed by atoms with E-state index >= 15 is 0 Å². The van der Waals surface area contributed by atoms with Crippen molar-refractivity contribution in [2.24, 2.45) is 0 Å².